The first kappa shape index (κ1) is 11.8. The summed E-state index contributed by atoms with van der Waals surface area (Å²) in [5, 5.41) is 13.0. The number of thiazole rings is 1. The highest BCUT2D eigenvalue weighted by Gasteiger charge is 2.09. The van der Waals surface area contributed by atoms with Gasteiger partial charge in [0.05, 0.1) is 12.6 Å². The third kappa shape index (κ3) is 2.93. The van der Waals surface area contributed by atoms with Gasteiger partial charge in [0.2, 0.25) is 5.76 Å². The van der Waals surface area contributed by atoms with Crippen molar-refractivity contribution in [2.24, 2.45) is 0 Å². The van der Waals surface area contributed by atoms with Crippen LogP contribution in [0.5, 0.6) is 0 Å². The normalized spacial score (nSPS) is 12.3. The van der Waals surface area contributed by atoms with E-state index in [-0.39, 0.29) is 6.04 Å². The quantitative estimate of drug-likeness (QED) is 0.902. The lowest BCUT2D eigenvalue weighted by atomic mass is 10.3. The maximum Gasteiger partial charge on any atom is 0.203 e. The maximum atomic E-state index is 8.64. The van der Waals surface area contributed by atoms with Crippen LogP contribution in [0, 0.1) is 18.3 Å². The van der Waals surface area contributed by atoms with Gasteiger partial charge in [-0.2, -0.15) is 5.26 Å². The monoisotopic (exact) mass is 247 g/mol. The van der Waals surface area contributed by atoms with Crippen molar-refractivity contribution in [3.63, 3.8) is 0 Å². The first-order valence-electron chi connectivity index (χ1n) is 5.33. The lowest BCUT2D eigenvalue weighted by molar-refractivity contribution is 0.453. The zero-order valence-corrected chi connectivity index (χ0v) is 10.5. The molecule has 0 radical (unpaired) electrons. The van der Waals surface area contributed by atoms with E-state index in [0.29, 0.717) is 12.3 Å². The molecule has 2 rings (SSSR count). The largest absolute Gasteiger partial charge is 0.449 e. The molecule has 0 spiro atoms. The number of rotatable bonds is 4. The molecule has 2 aromatic heterocycles. The Labute approximate surface area is 104 Å². The fourth-order valence-electron chi connectivity index (χ4n) is 1.45. The van der Waals surface area contributed by atoms with Crippen LogP contribution >= 0.6 is 11.3 Å². The minimum atomic E-state index is 0.185. The molecule has 0 fully saturated rings. The van der Waals surface area contributed by atoms with Crippen molar-refractivity contribution in [3.8, 4) is 6.07 Å². The summed E-state index contributed by atoms with van der Waals surface area (Å²) >= 11 is 1.68. The number of nitrogens with zero attached hydrogens (tertiary/aromatic N) is 2. The number of nitriles is 1. The van der Waals surface area contributed by atoms with Crippen molar-refractivity contribution in [1.82, 2.24) is 10.3 Å². The number of hydrogen-bond donors (Lipinski definition) is 1. The maximum absolute atomic E-state index is 8.64. The van der Waals surface area contributed by atoms with Crippen LogP contribution in [0.3, 0.4) is 0 Å². The molecular weight excluding hydrogens is 234 g/mol. The van der Waals surface area contributed by atoms with Gasteiger partial charge in [0.25, 0.3) is 0 Å². The Bertz CT molecular complexity index is 538. The van der Waals surface area contributed by atoms with Crippen LogP contribution in [-0.4, -0.2) is 4.98 Å². The molecule has 0 aliphatic heterocycles. The molecule has 0 saturated carbocycles. The first-order valence-corrected chi connectivity index (χ1v) is 6.15. The Morgan fingerprint density at radius 2 is 2.41 bits per heavy atom. The van der Waals surface area contributed by atoms with Crippen LogP contribution in [0.25, 0.3) is 0 Å². The van der Waals surface area contributed by atoms with Crippen LogP contribution in [0.4, 0.5) is 0 Å². The molecule has 0 amide bonds. The van der Waals surface area contributed by atoms with E-state index in [2.05, 4.69) is 17.2 Å². The molecule has 1 unspecified atom stereocenters. The van der Waals surface area contributed by atoms with E-state index in [1.54, 1.807) is 17.4 Å². The van der Waals surface area contributed by atoms with Crippen molar-refractivity contribution in [2.45, 2.75) is 26.4 Å². The van der Waals surface area contributed by atoms with Crippen molar-refractivity contribution >= 4 is 11.3 Å². The lowest BCUT2D eigenvalue weighted by Gasteiger charge is -2.09. The van der Waals surface area contributed by atoms with Gasteiger partial charge in [0.15, 0.2) is 0 Å². The molecule has 17 heavy (non-hydrogen) atoms. The summed E-state index contributed by atoms with van der Waals surface area (Å²) in [5.41, 5.74) is 0. The molecule has 0 aliphatic carbocycles. The third-order valence-electron chi connectivity index (χ3n) is 2.36. The molecule has 0 bridgehead atoms. The van der Waals surface area contributed by atoms with E-state index < -0.39 is 0 Å². The zero-order valence-electron chi connectivity index (χ0n) is 9.73. The SMILES string of the molecule is Cc1cnc(C(C)NCc2ccc(C#N)o2)s1. The second-order valence-corrected chi connectivity index (χ2v) is 5.06. The van der Waals surface area contributed by atoms with E-state index in [9.17, 15) is 0 Å². The van der Waals surface area contributed by atoms with E-state index in [1.807, 2.05) is 25.3 Å². The van der Waals surface area contributed by atoms with Crippen LogP contribution in [0.15, 0.2) is 22.7 Å². The van der Waals surface area contributed by atoms with E-state index >= 15 is 0 Å². The fourth-order valence-corrected chi connectivity index (χ4v) is 2.25. The predicted octanol–water partition coefficient (Wildman–Crippen LogP) is 2.77. The van der Waals surface area contributed by atoms with Gasteiger partial charge in [0, 0.05) is 11.1 Å². The standard InChI is InChI=1S/C12H13N3OS/c1-8-6-15-12(17-8)9(2)14-7-11-4-3-10(5-13)16-11/h3-4,6,9,14H,7H2,1-2H3. The van der Waals surface area contributed by atoms with E-state index in [0.717, 1.165) is 10.8 Å². The van der Waals surface area contributed by atoms with Crippen LogP contribution in [0.2, 0.25) is 0 Å². The Kier molecular flexibility index (Phi) is 3.57. The average Bonchev–Trinajstić information content (AvgIpc) is 2.94. The summed E-state index contributed by atoms with van der Waals surface area (Å²) in [6.07, 6.45) is 1.87. The molecule has 4 nitrogen and oxygen atoms in total. The van der Waals surface area contributed by atoms with Gasteiger partial charge in [-0.05, 0) is 26.0 Å². The van der Waals surface area contributed by atoms with Gasteiger partial charge in [-0.1, -0.05) is 0 Å². The summed E-state index contributed by atoms with van der Waals surface area (Å²) in [6, 6.07) is 5.64. The van der Waals surface area contributed by atoms with Gasteiger partial charge in [-0.25, -0.2) is 4.98 Å². The zero-order chi connectivity index (χ0) is 12.3. The first-order chi connectivity index (χ1) is 8.19. The minimum Gasteiger partial charge on any atom is -0.449 e. The van der Waals surface area contributed by atoms with Gasteiger partial charge >= 0.3 is 0 Å². The Hall–Kier alpha value is -1.64. The van der Waals surface area contributed by atoms with Crippen molar-refractivity contribution < 1.29 is 4.42 Å². The van der Waals surface area contributed by atoms with Gasteiger partial charge < -0.3 is 9.73 Å². The average molecular weight is 247 g/mol. The molecule has 2 heterocycles. The molecule has 0 saturated heterocycles. The third-order valence-corrected chi connectivity index (χ3v) is 3.46. The second-order valence-electron chi connectivity index (χ2n) is 3.79. The van der Waals surface area contributed by atoms with Crippen LogP contribution in [0.1, 0.15) is 34.4 Å². The van der Waals surface area contributed by atoms with E-state index in [1.165, 1.54) is 4.88 Å². The number of aromatic nitrogens is 1. The molecular formula is C12H13N3OS. The van der Waals surface area contributed by atoms with Crippen LogP contribution in [-0.2, 0) is 6.54 Å². The summed E-state index contributed by atoms with van der Waals surface area (Å²) in [5.74, 6) is 1.11. The molecule has 0 aliphatic rings. The highest BCUT2D eigenvalue weighted by molar-refractivity contribution is 7.11. The van der Waals surface area contributed by atoms with Gasteiger partial charge in [-0.15, -0.1) is 11.3 Å². The molecule has 1 N–H and O–H groups in total. The molecule has 88 valence electrons. The topological polar surface area (TPSA) is 61.9 Å². The summed E-state index contributed by atoms with van der Waals surface area (Å²) in [6.45, 7) is 4.70. The number of aryl methyl sites for hydroxylation is 1. The predicted molar refractivity (Wildman–Crippen MR) is 65.5 cm³/mol. The molecule has 0 aromatic carbocycles. The van der Waals surface area contributed by atoms with Crippen LogP contribution < -0.4 is 5.32 Å². The minimum absolute atomic E-state index is 0.185. The molecule has 1 atom stereocenters. The Morgan fingerprint density at radius 1 is 1.59 bits per heavy atom. The number of nitrogens with one attached hydrogen (secondary N) is 1. The van der Waals surface area contributed by atoms with Crippen molar-refractivity contribution in [1.29, 1.82) is 5.26 Å². The van der Waals surface area contributed by atoms with E-state index in [4.69, 9.17) is 9.68 Å². The molecule has 5 heteroatoms. The second kappa shape index (κ2) is 5.13. The summed E-state index contributed by atoms with van der Waals surface area (Å²) in [4.78, 5) is 5.53. The molecule has 2 aromatic rings. The highest BCUT2D eigenvalue weighted by atomic mass is 32.1. The van der Waals surface area contributed by atoms with Gasteiger partial charge in [0.1, 0.15) is 16.8 Å². The summed E-state index contributed by atoms with van der Waals surface area (Å²) < 4.78 is 5.28. The summed E-state index contributed by atoms with van der Waals surface area (Å²) in [7, 11) is 0. The van der Waals surface area contributed by atoms with Crippen molar-refractivity contribution in [2.75, 3.05) is 0 Å². The number of furan rings is 1. The van der Waals surface area contributed by atoms with Crippen molar-refractivity contribution in [3.05, 3.63) is 39.7 Å². The Morgan fingerprint density at radius 3 is 3.00 bits per heavy atom. The Balaban J connectivity index is 1.92. The van der Waals surface area contributed by atoms with Gasteiger partial charge in [-0.3, -0.25) is 0 Å². The lowest BCUT2D eigenvalue weighted by Crippen LogP contribution is -2.17. The smallest absolute Gasteiger partial charge is 0.203 e. The fraction of sp³-hybridized carbons (Fsp3) is 0.333. The number of hydrogen-bond acceptors (Lipinski definition) is 5. The highest BCUT2D eigenvalue weighted by Crippen LogP contribution is 2.19.